The van der Waals surface area contributed by atoms with Crippen molar-refractivity contribution >= 4 is 17.7 Å². The lowest BCUT2D eigenvalue weighted by Gasteiger charge is -2.05. The van der Waals surface area contributed by atoms with Crippen molar-refractivity contribution in [2.75, 3.05) is 12.9 Å². The second kappa shape index (κ2) is 5.15. The Hall–Kier alpha value is -1.31. The predicted molar refractivity (Wildman–Crippen MR) is 50.2 cm³/mol. The van der Waals surface area contributed by atoms with E-state index in [4.69, 9.17) is 0 Å². The summed E-state index contributed by atoms with van der Waals surface area (Å²) in [5.41, 5.74) is -0.116. The highest BCUT2D eigenvalue weighted by molar-refractivity contribution is 7.99. The molecule has 0 aliphatic rings. The van der Waals surface area contributed by atoms with Crippen LogP contribution in [0.15, 0.2) is 17.4 Å². The molecule has 1 aromatic heterocycles. The first-order chi connectivity index (χ1) is 7.42. The van der Waals surface area contributed by atoms with Crippen molar-refractivity contribution in [3.8, 4) is 0 Å². The van der Waals surface area contributed by atoms with Crippen molar-refractivity contribution in [3.05, 3.63) is 18.1 Å². The van der Waals surface area contributed by atoms with E-state index in [2.05, 4.69) is 14.7 Å². The number of methoxy groups -OCH3 is 1. The lowest BCUT2D eigenvalue weighted by Crippen LogP contribution is -2.11. The summed E-state index contributed by atoms with van der Waals surface area (Å²) in [7, 11) is 1.15. The van der Waals surface area contributed by atoms with E-state index in [0.29, 0.717) is 11.8 Å². The minimum Gasteiger partial charge on any atom is -0.464 e. The fourth-order valence-corrected chi connectivity index (χ4v) is 1.39. The zero-order valence-electron chi connectivity index (χ0n) is 8.11. The van der Waals surface area contributed by atoms with E-state index in [9.17, 15) is 18.0 Å². The van der Waals surface area contributed by atoms with Crippen LogP contribution in [0.4, 0.5) is 13.2 Å². The lowest BCUT2D eigenvalue weighted by molar-refractivity contribution is -0.105. The molecule has 0 spiro atoms. The average Bonchev–Trinajstić information content (AvgIpc) is 2.25. The molecule has 0 fully saturated rings. The summed E-state index contributed by atoms with van der Waals surface area (Å²) in [5, 5.41) is 0.0280. The van der Waals surface area contributed by atoms with Gasteiger partial charge in [-0.05, 0) is 0 Å². The number of nitrogens with zero attached hydrogens (tertiary/aromatic N) is 2. The first kappa shape index (κ1) is 12.8. The molecule has 16 heavy (non-hydrogen) atoms. The van der Waals surface area contributed by atoms with Crippen LogP contribution in [0.5, 0.6) is 0 Å². The van der Waals surface area contributed by atoms with Crippen LogP contribution in [0, 0.1) is 0 Å². The fraction of sp³-hybridized carbons (Fsp3) is 0.375. The number of rotatable bonds is 3. The van der Waals surface area contributed by atoms with E-state index in [1.54, 1.807) is 0 Å². The molecule has 0 N–H and O–H groups in total. The number of aromatic nitrogens is 2. The first-order valence-corrected chi connectivity index (χ1v) is 5.01. The Morgan fingerprint density at radius 1 is 1.50 bits per heavy atom. The summed E-state index contributed by atoms with van der Waals surface area (Å²) in [6.07, 6.45) is -2.00. The molecular formula is C8H7F3N2O2S. The second-order valence-electron chi connectivity index (χ2n) is 2.64. The predicted octanol–water partition coefficient (Wildman–Crippen LogP) is 1.92. The maximum atomic E-state index is 11.9. The Kier molecular flexibility index (Phi) is 4.11. The average molecular weight is 252 g/mol. The molecule has 8 heteroatoms. The molecule has 0 saturated heterocycles. The van der Waals surface area contributed by atoms with Crippen LogP contribution in [0.25, 0.3) is 0 Å². The third kappa shape index (κ3) is 4.05. The molecule has 0 atom stereocenters. The number of esters is 1. The highest BCUT2D eigenvalue weighted by Gasteiger charge is 2.27. The van der Waals surface area contributed by atoms with Gasteiger partial charge in [-0.2, -0.15) is 13.2 Å². The summed E-state index contributed by atoms with van der Waals surface area (Å²) in [6.45, 7) is 0. The molecule has 4 nitrogen and oxygen atoms in total. The van der Waals surface area contributed by atoms with E-state index >= 15 is 0 Å². The number of ether oxygens (including phenoxy) is 1. The molecule has 1 heterocycles. The molecule has 1 rings (SSSR count). The topological polar surface area (TPSA) is 52.1 Å². The van der Waals surface area contributed by atoms with Crippen molar-refractivity contribution in [2.24, 2.45) is 0 Å². The van der Waals surface area contributed by atoms with Crippen molar-refractivity contribution in [1.82, 2.24) is 9.97 Å². The second-order valence-corrected chi connectivity index (χ2v) is 3.63. The smallest absolute Gasteiger partial charge is 0.398 e. The van der Waals surface area contributed by atoms with Gasteiger partial charge in [-0.3, -0.25) is 4.98 Å². The summed E-state index contributed by atoms with van der Waals surface area (Å²) in [5.74, 6) is -1.81. The maximum Gasteiger partial charge on any atom is 0.398 e. The third-order valence-corrected chi connectivity index (χ3v) is 2.35. The van der Waals surface area contributed by atoms with E-state index in [1.807, 2.05) is 0 Å². The molecule has 0 saturated carbocycles. The van der Waals surface area contributed by atoms with Crippen molar-refractivity contribution in [1.29, 1.82) is 0 Å². The fourth-order valence-electron chi connectivity index (χ4n) is 0.776. The van der Waals surface area contributed by atoms with Gasteiger partial charge in [0.25, 0.3) is 0 Å². The Morgan fingerprint density at radius 2 is 2.19 bits per heavy atom. The van der Waals surface area contributed by atoms with Gasteiger partial charge in [0.1, 0.15) is 5.03 Å². The van der Waals surface area contributed by atoms with Crippen LogP contribution in [0.1, 0.15) is 10.5 Å². The minimum atomic E-state index is -4.28. The number of carbonyl (C=O) groups is 1. The van der Waals surface area contributed by atoms with Crippen LogP contribution in [0.2, 0.25) is 0 Å². The molecule has 0 bridgehead atoms. The van der Waals surface area contributed by atoms with Gasteiger partial charge in [-0.15, -0.1) is 0 Å². The quantitative estimate of drug-likeness (QED) is 0.607. The van der Waals surface area contributed by atoms with Gasteiger partial charge in [0.2, 0.25) is 0 Å². The van der Waals surface area contributed by atoms with Gasteiger partial charge in [0.15, 0.2) is 5.69 Å². The van der Waals surface area contributed by atoms with Gasteiger partial charge in [-0.1, -0.05) is 11.8 Å². The molecular weight excluding hydrogens is 245 g/mol. The lowest BCUT2D eigenvalue weighted by atomic mass is 10.5. The van der Waals surface area contributed by atoms with Gasteiger partial charge in [0.05, 0.1) is 25.3 Å². The molecule has 0 amide bonds. The van der Waals surface area contributed by atoms with Crippen LogP contribution in [-0.4, -0.2) is 35.0 Å². The molecule has 0 aromatic carbocycles. The third-order valence-electron chi connectivity index (χ3n) is 1.39. The zero-order valence-corrected chi connectivity index (χ0v) is 8.93. The standard InChI is InChI=1S/C8H7F3N2O2S/c1-15-7(14)5-2-12-3-6(13-5)16-4-8(9,10)11/h2-3H,4H2,1H3. The summed E-state index contributed by atoms with van der Waals surface area (Å²) in [4.78, 5) is 18.3. The van der Waals surface area contributed by atoms with E-state index in [-0.39, 0.29) is 10.7 Å². The highest BCUT2D eigenvalue weighted by Crippen LogP contribution is 2.25. The normalized spacial score (nSPS) is 11.2. The van der Waals surface area contributed by atoms with Crippen LogP contribution >= 0.6 is 11.8 Å². The van der Waals surface area contributed by atoms with Crippen LogP contribution in [0.3, 0.4) is 0 Å². The summed E-state index contributed by atoms with van der Waals surface area (Å²) < 4.78 is 40.1. The summed E-state index contributed by atoms with van der Waals surface area (Å²) in [6, 6.07) is 0. The first-order valence-electron chi connectivity index (χ1n) is 4.02. The molecule has 88 valence electrons. The molecule has 0 aliphatic carbocycles. The Bertz CT molecular complexity index is 384. The maximum absolute atomic E-state index is 11.9. The van der Waals surface area contributed by atoms with Crippen molar-refractivity contribution < 1.29 is 22.7 Å². The van der Waals surface area contributed by atoms with Gasteiger partial charge in [-0.25, -0.2) is 9.78 Å². The largest absolute Gasteiger partial charge is 0.464 e. The number of thioether (sulfide) groups is 1. The Morgan fingerprint density at radius 3 is 2.75 bits per heavy atom. The SMILES string of the molecule is COC(=O)c1cncc(SCC(F)(F)F)n1. The van der Waals surface area contributed by atoms with Gasteiger partial charge < -0.3 is 4.74 Å². The number of alkyl halides is 3. The van der Waals surface area contributed by atoms with E-state index in [1.165, 1.54) is 0 Å². The Labute approximate surface area is 93.2 Å². The van der Waals surface area contributed by atoms with Crippen molar-refractivity contribution in [2.45, 2.75) is 11.2 Å². The van der Waals surface area contributed by atoms with Crippen LogP contribution in [-0.2, 0) is 4.74 Å². The number of hydrogen-bond donors (Lipinski definition) is 0. The van der Waals surface area contributed by atoms with Gasteiger partial charge >= 0.3 is 12.1 Å². The van der Waals surface area contributed by atoms with E-state index < -0.39 is 17.9 Å². The Balaban J connectivity index is 2.71. The zero-order chi connectivity index (χ0) is 12.2. The molecule has 1 aromatic rings. The minimum absolute atomic E-state index is 0.0280. The highest BCUT2D eigenvalue weighted by atomic mass is 32.2. The molecule has 0 aliphatic heterocycles. The molecule has 0 radical (unpaired) electrons. The molecule has 0 unspecified atom stereocenters. The number of carbonyl (C=O) groups excluding carboxylic acids is 1. The monoisotopic (exact) mass is 252 g/mol. The number of halogens is 3. The van der Waals surface area contributed by atoms with Crippen LogP contribution < -0.4 is 0 Å². The van der Waals surface area contributed by atoms with E-state index in [0.717, 1.165) is 19.5 Å². The number of hydrogen-bond acceptors (Lipinski definition) is 5. The van der Waals surface area contributed by atoms with Gasteiger partial charge in [0, 0.05) is 0 Å². The summed E-state index contributed by atoms with van der Waals surface area (Å²) >= 11 is 0.463. The van der Waals surface area contributed by atoms with Crippen molar-refractivity contribution in [3.63, 3.8) is 0 Å².